The van der Waals surface area contributed by atoms with Crippen molar-refractivity contribution in [3.8, 4) is 0 Å². The number of amides is 2. The Morgan fingerprint density at radius 3 is 3.10 bits per heavy atom. The van der Waals surface area contributed by atoms with Gasteiger partial charge in [0.15, 0.2) is 0 Å². The van der Waals surface area contributed by atoms with Gasteiger partial charge in [-0.15, -0.1) is 0 Å². The number of H-pyrrole nitrogens is 1. The lowest BCUT2D eigenvalue weighted by Gasteiger charge is -2.35. The minimum absolute atomic E-state index is 0.157. The van der Waals surface area contributed by atoms with Gasteiger partial charge in [-0.1, -0.05) is 0 Å². The summed E-state index contributed by atoms with van der Waals surface area (Å²) in [7, 11) is 1.67. The van der Waals surface area contributed by atoms with Gasteiger partial charge in [-0.2, -0.15) is 0 Å². The molecule has 0 aromatic carbocycles. The van der Waals surface area contributed by atoms with Crippen molar-refractivity contribution in [3.63, 3.8) is 0 Å². The van der Waals surface area contributed by atoms with Gasteiger partial charge in [0.05, 0.1) is 19.2 Å². The molecule has 0 saturated carbocycles. The maximum absolute atomic E-state index is 12.2. The molecule has 2 aliphatic rings. The quantitative estimate of drug-likeness (QED) is 0.822. The molecule has 1 aromatic rings. The average Bonchev–Trinajstić information content (AvgIpc) is 3.05. The third kappa shape index (κ3) is 2.64. The molecule has 2 saturated heterocycles. The van der Waals surface area contributed by atoms with Crippen molar-refractivity contribution in [2.24, 2.45) is 0 Å². The Morgan fingerprint density at radius 2 is 2.35 bits per heavy atom. The van der Waals surface area contributed by atoms with Gasteiger partial charge in [-0.3, -0.25) is 4.90 Å². The number of hydrogen-bond acceptors (Lipinski definition) is 4. The monoisotopic (exact) mass is 279 g/mol. The van der Waals surface area contributed by atoms with Crippen molar-refractivity contribution in [2.75, 3.05) is 46.4 Å². The van der Waals surface area contributed by atoms with Crippen LogP contribution in [0.15, 0.2) is 12.4 Å². The highest BCUT2D eigenvalue weighted by Crippen LogP contribution is 2.21. The van der Waals surface area contributed by atoms with Gasteiger partial charge < -0.3 is 19.5 Å². The molecule has 2 fully saturated rings. The topological polar surface area (TPSA) is 64.7 Å². The van der Waals surface area contributed by atoms with E-state index in [4.69, 9.17) is 4.74 Å². The maximum Gasteiger partial charge on any atom is 0.320 e. The fourth-order valence-corrected chi connectivity index (χ4v) is 2.97. The summed E-state index contributed by atoms with van der Waals surface area (Å²) >= 11 is 0. The fourth-order valence-electron chi connectivity index (χ4n) is 2.97. The van der Waals surface area contributed by atoms with Crippen LogP contribution in [0.3, 0.4) is 0 Å². The summed E-state index contributed by atoms with van der Waals surface area (Å²) in [5, 5.41) is 0. The lowest BCUT2D eigenvalue weighted by Crippen LogP contribution is -2.51. The van der Waals surface area contributed by atoms with Crippen molar-refractivity contribution in [2.45, 2.75) is 12.6 Å². The Kier molecular flexibility index (Phi) is 3.88. The van der Waals surface area contributed by atoms with Crippen LogP contribution in [0, 0.1) is 0 Å². The van der Waals surface area contributed by atoms with E-state index in [1.165, 1.54) is 0 Å². The van der Waals surface area contributed by atoms with E-state index in [1.807, 2.05) is 16.0 Å². The Hall–Kier alpha value is -1.60. The van der Waals surface area contributed by atoms with Crippen molar-refractivity contribution in [1.29, 1.82) is 0 Å². The number of urea groups is 1. The zero-order chi connectivity index (χ0) is 13.9. The summed E-state index contributed by atoms with van der Waals surface area (Å²) in [5.74, 6) is 0.985. The number of carbonyl (C=O) groups is 1. The lowest BCUT2D eigenvalue weighted by molar-refractivity contribution is 0.114. The first-order valence-electron chi connectivity index (χ1n) is 7.03. The van der Waals surface area contributed by atoms with Crippen LogP contribution in [0.1, 0.15) is 5.82 Å². The highest BCUT2D eigenvalue weighted by atomic mass is 16.5. The molecule has 0 unspecified atom stereocenters. The van der Waals surface area contributed by atoms with Gasteiger partial charge in [0.1, 0.15) is 5.82 Å². The number of imidazole rings is 1. The molecular formula is C13H21N5O2. The number of carbonyl (C=O) groups excluding carboxylic acids is 1. The van der Waals surface area contributed by atoms with Crippen LogP contribution in [0.25, 0.3) is 0 Å². The number of methoxy groups -OCH3 is 1. The van der Waals surface area contributed by atoms with Crippen LogP contribution in [0.5, 0.6) is 0 Å². The predicted octanol–water partition coefficient (Wildman–Crippen LogP) is -0.0221. The van der Waals surface area contributed by atoms with E-state index in [9.17, 15) is 4.79 Å². The summed E-state index contributed by atoms with van der Waals surface area (Å²) < 4.78 is 5.06. The Labute approximate surface area is 118 Å². The molecule has 0 bridgehead atoms. The van der Waals surface area contributed by atoms with E-state index >= 15 is 0 Å². The first-order chi connectivity index (χ1) is 9.78. The molecule has 7 nitrogen and oxygen atoms in total. The van der Waals surface area contributed by atoms with E-state index in [-0.39, 0.29) is 6.03 Å². The molecule has 2 aliphatic heterocycles. The normalized spacial score (nSPS) is 23.4. The first kappa shape index (κ1) is 13.4. The smallest absolute Gasteiger partial charge is 0.320 e. The second kappa shape index (κ2) is 5.80. The fraction of sp³-hybridized carbons (Fsp3) is 0.692. The minimum atomic E-state index is 0.157. The van der Waals surface area contributed by atoms with E-state index in [0.717, 1.165) is 38.5 Å². The molecule has 0 aliphatic carbocycles. The number of hydrogen-bond donors (Lipinski definition) is 1. The molecule has 3 rings (SSSR count). The number of aromatic amines is 1. The standard InChI is InChI=1S/C13H21N5O2/c1-20-7-6-17-9-11-8-16(4-5-18(11)13(17)19)10-12-14-2-3-15-12/h2-3,11H,4-10H2,1H3,(H,14,15)/t11-/m1/s1. The van der Waals surface area contributed by atoms with Gasteiger partial charge in [-0.05, 0) is 0 Å². The number of piperazine rings is 1. The summed E-state index contributed by atoms with van der Waals surface area (Å²) in [5.41, 5.74) is 0. The van der Waals surface area contributed by atoms with Crippen LogP contribution < -0.4 is 0 Å². The number of rotatable bonds is 5. The molecule has 20 heavy (non-hydrogen) atoms. The van der Waals surface area contributed by atoms with Gasteiger partial charge in [-0.25, -0.2) is 9.78 Å². The molecule has 2 amide bonds. The lowest BCUT2D eigenvalue weighted by atomic mass is 10.2. The summed E-state index contributed by atoms with van der Waals surface area (Å²) in [6.45, 7) is 5.52. The number of nitrogens with one attached hydrogen (secondary N) is 1. The molecule has 1 N–H and O–H groups in total. The summed E-state index contributed by atoms with van der Waals surface area (Å²) in [4.78, 5) is 25.9. The zero-order valence-corrected chi connectivity index (χ0v) is 11.8. The summed E-state index contributed by atoms with van der Waals surface area (Å²) in [6, 6.07) is 0.452. The van der Waals surface area contributed by atoms with E-state index in [0.29, 0.717) is 19.2 Å². The summed E-state index contributed by atoms with van der Waals surface area (Å²) in [6.07, 6.45) is 3.62. The Morgan fingerprint density at radius 1 is 1.45 bits per heavy atom. The molecule has 1 aromatic heterocycles. The molecule has 0 spiro atoms. The van der Waals surface area contributed by atoms with Crippen LogP contribution in [0.2, 0.25) is 0 Å². The van der Waals surface area contributed by atoms with E-state index < -0.39 is 0 Å². The third-order valence-electron chi connectivity index (χ3n) is 4.01. The number of nitrogens with zero attached hydrogens (tertiary/aromatic N) is 4. The minimum Gasteiger partial charge on any atom is -0.383 e. The third-order valence-corrected chi connectivity index (χ3v) is 4.01. The average molecular weight is 279 g/mol. The molecule has 7 heteroatoms. The van der Waals surface area contributed by atoms with Crippen molar-refractivity contribution in [1.82, 2.24) is 24.7 Å². The highest BCUT2D eigenvalue weighted by Gasteiger charge is 2.40. The first-order valence-corrected chi connectivity index (χ1v) is 7.03. The maximum atomic E-state index is 12.2. The second-order valence-electron chi connectivity index (χ2n) is 5.34. The van der Waals surface area contributed by atoms with Gasteiger partial charge in [0.2, 0.25) is 0 Å². The van der Waals surface area contributed by atoms with Crippen LogP contribution >= 0.6 is 0 Å². The second-order valence-corrected chi connectivity index (χ2v) is 5.34. The van der Waals surface area contributed by atoms with E-state index in [2.05, 4.69) is 14.9 Å². The van der Waals surface area contributed by atoms with Gasteiger partial charge in [0.25, 0.3) is 0 Å². The van der Waals surface area contributed by atoms with Crippen LogP contribution in [0.4, 0.5) is 4.79 Å². The molecule has 0 radical (unpaired) electrons. The number of aromatic nitrogens is 2. The largest absolute Gasteiger partial charge is 0.383 e. The van der Waals surface area contributed by atoms with Crippen molar-refractivity contribution in [3.05, 3.63) is 18.2 Å². The molecular weight excluding hydrogens is 258 g/mol. The molecule has 110 valence electrons. The Balaban J connectivity index is 1.57. The van der Waals surface area contributed by atoms with Crippen molar-refractivity contribution < 1.29 is 9.53 Å². The number of ether oxygens (including phenoxy) is 1. The molecule has 1 atom stereocenters. The van der Waals surface area contributed by atoms with Crippen LogP contribution in [-0.2, 0) is 11.3 Å². The van der Waals surface area contributed by atoms with E-state index in [1.54, 1.807) is 13.3 Å². The highest BCUT2D eigenvalue weighted by molar-refractivity contribution is 5.77. The SMILES string of the molecule is COCCN1C[C@H]2CN(Cc3ncc[nH]3)CCN2C1=O. The predicted molar refractivity (Wildman–Crippen MR) is 73.2 cm³/mol. The van der Waals surface area contributed by atoms with Crippen molar-refractivity contribution >= 4 is 6.03 Å². The molecule has 3 heterocycles. The van der Waals surface area contributed by atoms with Gasteiger partial charge >= 0.3 is 6.03 Å². The Bertz CT molecular complexity index is 450. The van der Waals surface area contributed by atoms with Crippen LogP contribution in [-0.4, -0.2) is 83.2 Å². The number of fused-ring (bicyclic) bond motifs is 1. The zero-order valence-electron chi connectivity index (χ0n) is 11.8. The van der Waals surface area contributed by atoms with Gasteiger partial charge in [0, 0.05) is 52.2 Å².